The zero-order chi connectivity index (χ0) is 16.8. The smallest absolute Gasteiger partial charge is 0.398 e. The van der Waals surface area contributed by atoms with E-state index in [1.807, 2.05) is 27.7 Å². The summed E-state index contributed by atoms with van der Waals surface area (Å²) in [6, 6.07) is 3.61. The quantitative estimate of drug-likeness (QED) is 0.799. The summed E-state index contributed by atoms with van der Waals surface area (Å²) in [4.78, 5) is 8.54. The summed E-state index contributed by atoms with van der Waals surface area (Å²) in [6.45, 7) is 7.82. The number of benzene rings is 1. The van der Waals surface area contributed by atoms with Gasteiger partial charge in [0.25, 0.3) is 0 Å². The summed E-state index contributed by atoms with van der Waals surface area (Å²) in [7, 11) is -0.605. The van der Waals surface area contributed by atoms with Crippen LogP contribution in [0.4, 0.5) is 8.78 Å². The summed E-state index contributed by atoms with van der Waals surface area (Å²) in [5, 5.41) is 0. The third kappa shape index (κ3) is 2.86. The van der Waals surface area contributed by atoms with E-state index in [1.54, 1.807) is 0 Å². The number of rotatable bonds is 2. The number of aromatic nitrogens is 2. The summed E-state index contributed by atoms with van der Waals surface area (Å²) in [5.41, 5.74) is 0.520. The number of halogens is 2. The van der Waals surface area contributed by atoms with Crippen molar-refractivity contribution in [3.8, 4) is 11.3 Å². The van der Waals surface area contributed by atoms with E-state index in [0.29, 0.717) is 16.9 Å². The first-order chi connectivity index (χ1) is 10.7. The molecule has 2 heterocycles. The Labute approximate surface area is 134 Å². The predicted molar refractivity (Wildman–Crippen MR) is 83.1 cm³/mol. The lowest BCUT2D eigenvalue weighted by atomic mass is 9.85. The second kappa shape index (κ2) is 5.35. The average Bonchev–Trinajstić information content (AvgIpc) is 2.71. The van der Waals surface area contributed by atoms with Crippen molar-refractivity contribution in [1.29, 1.82) is 0 Å². The zero-order valence-electron chi connectivity index (χ0n) is 13.4. The van der Waals surface area contributed by atoms with Crippen molar-refractivity contribution in [3.05, 3.63) is 42.2 Å². The second-order valence-electron chi connectivity index (χ2n) is 6.54. The Hall–Kier alpha value is -1.86. The van der Waals surface area contributed by atoms with Crippen LogP contribution >= 0.6 is 0 Å². The SMILES string of the molecule is CC1(C)OB(c2cnc(-c3ccc(F)c(F)c3)cn2)OC1(C)C. The Morgan fingerprint density at radius 2 is 1.57 bits per heavy atom. The van der Waals surface area contributed by atoms with Gasteiger partial charge in [-0.05, 0) is 45.9 Å². The Kier molecular flexibility index (Phi) is 3.73. The van der Waals surface area contributed by atoms with Crippen LogP contribution in [0.25, 0.3) is 11.3 Å². The largest absolute Gasteiger partial charge is 0.516 e. The van der Waals surface area contributed by atoms with Crippen LogP contribution in [0.15, 0.2) is 30.6 Å². The predicted octanol–water partition coefficient (Wildman–Crippen LogP) is 2.72. The fourth-order valence-corrected chi connectivity index (χ4v) is 2.23. The minimum absolute atomic E-state index is 0.448. The molecule has 3 rings (SSSR count). The normalized spacial score (nSPS) is 19.1. The van der Waals surface area contributed by atoms with Crippen molar-refractivity contribution in [2.24, 2.45) is 0 Å². The van der Waals surface area contributed by atoms with Crippen LogP contribution in [0.1, 0.15) is 27.7 Å². The topological polar surface area (TPSA) is 44.2 Å². The Morgan fingerprint density at radius 3 is 2.09 bits per heavy atom. The highest BCUT2D eigenvalue weighted by Gasteiger charge is 2.52. The van der Waals surface area contributed by atoms with E-state index in [0.717, 1.165) is 12.1 Å². The molecule has 1 aliphatic rings. The van der Waals surface area contributed by atoms with Crippen molar-refractivity contribution in [2.75, 3.05) is 0 Å². The van der Waals surface area contributed by atoms with Crippen molar-refractivity contribution in [3.63, 3.8) is 0 Å². The van der Waals surface area contributed by atoms with E-state index >= 15 is 0 Å². The molecule has 0 unspecified atom stereocenters. The summed E-state index contributed by atoms with van der Waals surface area (Å²) in [6.07, 6.45) is 3.02. The van der Waals surface area contributed by atoms with Gasteiger partial charge < -0.3 is 9.31 Å². The fourth-order valence-electron chi connectivity index (χ4n) is 2.23. The standard InChI is InChI=1S/C16H17BF2N2O2/c1-15(2)16(3,4)23-17(22-15)14-9-20-13(8-21-14)10-5-6-11(18)12(19)7-10/h5-9H,1-4H3. The van der Waals surface area contributed by atoms with Crippen LogP contribution in [0.3, 0.4) is 0 Å². The zero-order valence-corrected chi connectivity index (χ0v) is 13.4. The molecule has 120 valence electrons. The van der Waals surface area contributed by atoms with Crippen molar-refractivity contribution in [2.45, 2.75) is 38.9 Å². The molecular formula is C16H17BF2N2O2. The molecule has 7 heteroatoms. The Balaban J connectivity index is 1.84. The molecule has 0 spiro atoms. The molecule has 1 aromatic carbocycles. The molecule has 0 radical (unpaired) electrons. The Bertz CT molecular complexity index is 719. The van der Waals surface area contributed by atoms with Gasteiger partial charge in [-0.3, -0.25) is 9.97 Å². The first-order valence-electron chi connectivity index (χ1n) is 7.33. The van der Waals surface area contributed by atoms with Gasteiger partial charge in [-0.15, -0.1) is 0 Å². The van der Waals surface area contributed by atoms with Crippen LogP contribution < -0.4 is 5.59 Å². The number of nitrogens with zero attached hydrogens (tertiary/aromatic N) is 2. The van der Waals surface area contributed by atoms with E-state index in [-0.39, 0.29) is 0 Å². The van der Waals surface area contributed by atoms with E-state index in [9.17, 15) is 8.78 Å². The van der Waals surface area contributed by atoms with Gasteiger partial charge in [0.1, 0.15) is 0 Å². The molecule has 1 aliphatic heterocycles. The molecule has 0 bridgehead atoms. The highest BCUT2D eigenvalue weighted by molar-refractivity contribution is 6.61. The lowest BCUT2D eigenvalue weighted by Gasteiger charge is -2.32. The van der Waals surface area contributed by atoms with Gasteiger partial charge in [0.15, 0.2) is 11.6 Å². The first kappa shape index (κ1) is 16.0. The van der Waals surface area contributed by atoms with Crippen LogP contribution in [-0.4, -0.2) is 28.3 Å². The van der Waals surface area contributed by atoms with Crippen LogP contribution in [0.5, 0.6) is 0 Å². The molecule has 4 nitrogen and oxygen atoms in total. The van der Waals surface area contributed by atoms with E-state index in [1.165, 1.54) is 18.5 Å². The molecule has 0 amide bonds. The maximum atomic E-state index is 13.3. The second-order valence-corrected chi connectivity index (χ2v) is 6.54. The van der Waals surface area contributed by atoms with Crippen molar-refractivity contribution in [1.82, 2.24) is 9.97 Å². The van der Waals surface area contributed by atoms with Gasteiger partial charge in [-0.25, -0.2) is 8.78 Å². The molecule has 0 N–H and O–H groups in total. The highest BCUT2D eigenvalue weighted by Crippen LogP contribution is 2.36. The molecule has 1 saturated heterocycles. The molecule has 0 aliphatic carbocycles. The first-order valence-corrected chi connectivity index (χ1v) is 7.33. The molecule has 2 aromatic rings. The minimum Gasteiger partial charge on any atom is -0.398 e. The van der Waals surface area contributed by atoms with E-state index in [4.69, 9.17) is 9.31 Å². The molecule has 1 fully saturated rings. The van der Waals surface area contributed by atoms with Crippen molar-refractivity contribution >= 4 is 12.7 Å². The average molecular weight is 318 g/mol. The van der Waals surface area contributed by atoms with Crippen molar-refractivity contribution < 1.29 is 18.1 Å². The lowest BCUT2D eigenvalue weighted by molar-refractivity contribution is 0.00578. The lowest BCUT2D eigenvalue weighted by Crippen LogP contribution is -2.41. The monoisotopic (exact) mass is 318 g/mol. The van der Waals surface area contributed by atoms with Gasteiger partial charge in [0.2, 0.25) is 0 Å². The maximum absolute atomic E-state index is 13.3. The molecule has 23 heavy (non-hydrogen) atoms. The summed E-state index contributed by atoms with van der Waals surface area (Å²) >= 11 is 0. The van der Waals surface area contributed by atoms with Crippen LogP contribution in [-0.2, 0) is 9.31 Å². The molecule has 1 aromatic heterocycles. The van der Waals surface area contributed by atoms with Crippen LogP contribution in [0.2, 0.25) is 0 Å². The summed E-state index contributed by atoms with van der Waals surface area (Å²) in [5.74, 6) is -1.81. The molecule has 0 saturated carbocycles. The maximum Gasteiger partial charge on any atom is 0.516 e. The van der Waals surface area contributed by atoms with Gasteiger partial charge in [-0.2, -0.15) is 0 Å². The third-order valence-electron chi connectivity index (χ3n) is 4.38. The third-order valence-corrected chi connectivity index (χ3v) is 4.38. The number of hydrogen-bond donors (Lipinski definition) is 0. The van der Waals surface area contributed by atoms with Gasteiger partial charge in [0, 0.05) is 11.8 Å². The van der Waals surface area contributed by atoms with Crippen LogP contribution in [0, 0.1) is 11.6 Å². The summed E-state index contributed by atoms with van der Waals surface area (Å²) < 4.78 is 38.1. The van der Waals surface area contributed by atoms with E-state index < -0.39 is 30.0 Å². The van der Waals surface area contributed by atoms with Gasteiger partial charge >= 0.3 is 7.12 Å². The fraction of sp³-hybridized carbons (Fsp3) is 0.375. The highest BCUT2D eigenvalue weighted by atomic mass is 19.2. The van der Waals surface area contributed by atoms with Gasteiger partial charge in [-0.1, -0.05) is 0 Å². The number of hydrogen-bond acceptors (Lipinski definition) is 4. The van der Waals surface area contributed by atoms with E-state index in [2.05, 4.69) is 9.97 Å². The Morgan fingerprint density at radius 1 is 0.913 bits per heavy atom. The molecular weight excluding hydrogens is 301 g/mol. The molecule has 0 atom stereocenters. The van der Waals surface area contributed by atoms with Gasteiger partial charge in [0.05, 0.1) is 28.7 Å². The minimum atomic E-state index is -0.917.